The number of ketones is 1. The Hall–Kier alpha value is -3.63. The van der Waals surface area contributed by atoms with Gasteiger partial charge in [0.1, 0.15) is 5.76 Å². The Labute approximate surface area is 191 Å². The van der Waals surface area contributed by atoms with Gasteiger partial charge in [0.05, 0.1) is 37.5 Å². The van der Waals surface area contributed by atoms with Gasteiger partial charge in [-0.3, -0.25) is 4.79 Å². The Kier molecular flexibility index (Phi) is 7.52. The van der Waals surface area contributed by atoms with Crippen molar-refractivity contribution < 1.29 is 36.6 Å². The zero-order valence-electron chi connectivity index (χ0n) is 18.3. The van der Waals surface area contributed by atoms with Gasteiger partial charge in [0.15, 0.2) is 23.9 Å². The van der Waals surface area contributed by atoms with Crippen LogP contribution in [0.1, 0.15) is 32.0 Å². The van der Waals surface area contributed by atoms with Crippen LogP contribution in [-0.2, 0) is 21.3 Å². The number of hydrogen-bond acceptors (Lipinski definition) is 8. The second kappa shape index (κ2) is 10.3. The summed E-state index contributed by atoms with van der Waals surface area (Å²) in [6.45, 7) is 1.07. The summed E-state index contributed by atoms with van der Waals surface area (Å²) in [6.07, 6.45) is 1.44. The average molecular weight is 474 g/mol. The van der Waals surface area contributed by atoms with Crippen molar-refractivity contribution in [3.05, 3.63) is 77.2 Å². The zero-order valence-corrected chi connectivity index (χ0v) is 19.1. The number of carbonyl (C=O) groups excluding carboxylic acids is 2. The van der Waals surface area contributed by atoms with Gasteiger partial charge in [-0.2, -0.15) is 0 Å². The number of Topliss-reactive ketones (excluding diaryl/α,β-unsaturated/α-hetero) is 1. The zero-order chi connectivity index (χ0) is 24.0. The number of nitrogens with one attached hydrogen (secondary N) is 1. The Balaban J connectivity index is 1.70. The first-order valence-corrected chi connectivity index (χ1v) is 11.3. The van der Waals surface area contributed by atoms with Gasteiger partial charge in [-0.05, 0) is 55.0 Å². The number of esters is 1. The summed E-state index contributed by atoms with van der Waals surface area (Å²) in [5, 5.41) is 0. The van der Waals surface area contributed by atoms with Gasteiger partial charge in [-0.25, -0.2) is 17.9 Å². The molecular formula is C23H23NO8S. The van der Waals surface area contributed by atoms with Crippen LogP contribution >= 0.6 is 0 Å². The molecule has 3 rings (SSSR count). The number of sulfonamides is 1. The fourth-order valence-electron chi connectivity index (χ4n) is 2.95. The lowest BCUT2D eigenvalue weighted by Crippen LogP contribution is -2.23. The number of carbonyl (C=O) groups is 2. The summed E-state index contributed by atoms with van der Waals surface area (Å²) in [7, 11) is -0.988. The van der Waals surface area contributed by atoms with Gasteiger partial charge >= 0.3 is 5.97 Å². The molecule has 0 atom stereocenters. The number of aryl methyl sites for hydroxylation is 1. The normalized spacial score (nSPS) is 11.1. The molecule has 10 heteroatoms. The molecule has 0 amide bonds. The van der Waals surface area contributed by atoms with E-state index in [1.54, 1.807) is 25.1 Å². The van der Waals surface area contributed by atoms with Crippen LogP contribution in [0.25, 0.3) is 0 Å². The van der Waals surface area contributed by atoms with E-state index in [-0.39, 0.29) is 22.6 Å². The van der Waals surface area contributed by atoms with Gasteiger partial charge in [-0.15, -0.1) is 0 Å². The van der Waals surface area contributed by atoms with Gasteiger partial charge in [0.25, 0.3) is 0 Å². The van der Waals surface area contributed by atoms with Crippen molar-refractivity contribution in [1.29, 1.82) is 0 Å². The highest BCUT2D eigenvalue weighted by molar-refractivity contribution is 7.89. The lowest BCUT2D eigenvalue weighted by atomic mass is 10.1. The third-order valence-electron chi connectivity index (χ3n) is 4.80. The largest absolute Gasteiger partial charge is 0.493 e. The van der Waals surface area contributed by atoms with Crippen LogP contribution in [0.5, 0.6) is 11.5 Å². The van der Waals surface area contributed by atoms with E-state index < -0.39 is 28.4 Å². The fourth-order valence-corrected chi connectivity index (χ4v) is 3.97. The maximum atomic E-state index is 12.6. The van der Waals surface area contributed by atoms with Gasteiger partial charge in [0, 0.05) is 5.56 Å². The molecule has 0 aliphatic heterocycles. The number of benzene rings is 2. The number of hydrogen-bond donors (Lipinski definition) is 1. The summed E-state index contributed by atoms with van der Waals surface area (Å²) in [6, 6.07) is 12.0. The molecule has 174 valence electrons. The number of methoxy groups -OCH3 is 2. The van der Waals surface area contributed by atoms with Crippen LogP contribution in [0.3, 0.4) is 0 Å². The lowest BCUT2D eigenvalue weighted by molar-refractivity contribution is 0.0473. The molecule has 0 aliphatic rings. The first kappa shape index (κ1) is 24.0. The van der Waals surface area contributed by atoms with Crippen LogP contribution in [-0.4, -0.2) is 41.0 Å². The molecule has 2 aromatic carbocycles. The van der Waals surface area contributed by atoms with Crippen molar-refractivity contribution in [1.82, 2.24) is 4.72 Å². The molecule has 0 saturated heterocycles. The summed E-state index contributed by atoms with van der Waals surface area (Å²) in [5.74, 6) is 0.0000744. The fraction of sp³-hybridized carbons (Fsp3) is 0.217. The van der Waals surface area contributed by atoms with E-state index in [1.807, 2.05) is 0 Å². The second-order valence-corrected chi connectivity index (χ2v) is 8.72. The van der Waals surface area contributed by atoms with Crippen LogP contribution in [0.2, 0.25) is 0 Å². The Morgan fingerprint density at radius 2 is 1.76 bits per heavy atom. The minimum Gasteiger partial charge on any atom is -0.493 e. The van der Waals surface area contributed by atoms with Gasteiger partial charge < -0.3 is 18.6 Å². The molecular weight excluding hydrogens is 450 g/mol. The minimum absolute atomic E-state index is 0.0379. The molecule has 0 spiro atoms. The molecule has 1 heterocycles. The monoisotopic (exact) mass is 473 g/mol. The van der Waals surface area contributed by atoms with Crippen LogP contribution in [0.15, 0.2) is 64.1 Å². The molecule has 9 nitrogen and oxygen atoms in total. The molecule has 3 aromatic rings. The topological polar surface area (TPSA) is 121 Å². The van der Waals surface area contributed by atoms with Crippen LogP contribution in [0, 0.1) is 6.92 Å². The molecule has 1 N–H and O–H groups in total. The van der Waals surface area contributed by atoms with Crippen molar-refractivity contribution in [2.45, 2.75) is 18.4 Å². The van der Waals surface area contributed by atoms with E-state index >= 15 is 0 Å². The first-order chi connectivity index (χ1) is 15.7. The average Bonchev–Trinajstić information content (AvgIpc) is 3.34. The highest BCUT2D eigenvalue weighted by Crippen LogP contribution is 2.27. The molecule has 1 aromatic heterocycles. The van der Waals surface area contributed by atoms with E-state index in [9.17, 15) is 18.0 Å². The predicted molar refractivity (Wildman–Crippen MR) is 118 cm³/mol. The Morgan fingerprint density at radius 1 is 1.00 bits per heavy atom. The SMILES string of the molecule is COc1ccc(C(=O)COC(=O)c2cc(S(=O)(=O)NCc3ccco3)ccc2C)cc1OC. The smallest absolute Gasteiger partial charge is 0.338 e. The Bertz CT molecular complexity index is 1250. The third-order valence-corrected chi connectivity index (χ3v) is 6.19. The third kappa shape index (κ3) is 5.79. The molecule has 0 unspecified atom stereocenters. The quantitative estimate of drug-likeness (QED) is 0.352. The van der Waals surface area contributed by atoms with Crippen LogP contribution < -0.4 is 14.2 Å². The molecule has 0 saturated carbocycles. The van der Waals surface area contributed by atoms with E-state index in [4.69, 9.17) is 18.6 Å². The Morgan fingerprint density at radius 3 is 2.42 bits per heavy atom. The number of ether oxygens (including phenoxy) is 3. The van der Waals surface area contributed by atoms with E-state index in [0.29, 0.717) is 22.8 Å². The first-order valence-electron chi connectivity index (χ1n) is 9.80. The van der Waals surface area contributed by atoms with E-state index in [1.165, 1.54) is 50.8 Å². The summed E-state index contributed by atoms with van der Waals surface area (Å²) < 4.78 is 48.2. The molecule has 33 heavy (non-hydrogen) atoms. The lowest BCUT2D eigenvalue weighted by Gasteiger charge is -2.11. The minimum atomic E-state index is -3.91. The molecule has 0 aliphatic carbocycles. The van der Waals surface area contributed by atoms with E-state index in [2.05, 4.69) is 4.72 Å². The van der Waals surface area contributed by atoms with Crippen molar-refractivity contribution in [3.63, 3.8) is 0 Å². The standard InChI is InChI=1S/C23H23NO8S/c1-15-6-8-18(33(27,28)24-13-17-5-4-10-31-17)12-19(15)23(26)32-14-20(25)16-7-9-21(29-2)22(11-16)30-3/h4-12,24H,13-14H2,1-3H3. The van der Waals surface area contributed by atoms with E-state index in [0.717, 1.165) is 0 Å². The van der Waals surface area contributed by atoms with Crippen molar-refractivity contribution in [3.8, 4) is 11.5 Å². The second-order valence-electron chi connectivity index (χ2n) is 6.95. The highest BCUT2D eigenvalue weighted by atomic mass is 32.2. The number of furan rings is 1. The summed E-state index contributed by atoms with van der Waals surface area (Å²) >= 11 is 0. The maximum absolute atomic E-state index is 12.6. The maximum Gasteiger partial charge on any atom is 0.338 e. The molecule has 0 fully saturated rings. The van der Waals surface area contributed by atoms with Crippen molar-refractivity contribution in [2.75, 3.05) is 20.8 Å². The predicted octanol–water partition coefficient (Wildman–Crippen LogP) is 3.12. The summed E-state index contributed by atoms with van der Waals surface area (Å²) in [4.78, 5) is 25.0. The number of rotatable bonds is 10. The summed E-state index contributed by atoms with van der Waals surface area (Å²) in [5.41, 5.74) is 0.815. The van der Waals surface area contributed by atoms with Crippen molar-refractivity contribution >= 4 is 21.8 Å². The van der Waals surface area contributed by atoms with Crippen molar-refractivity contribution in [2.24, 2.45) is 0 Å². The van der Waals surface area contributed by atoms with Gasteiger partial charge in [-0.1, -0.05) is 6.07 Å². The van der Waals surface area contributed by atoms with Crippen LogP contribution in [0.4, 0.5) is 0 Å². The molecule has 0 bridgehead atoms. The van der Waals surface area contributed by atoms with Gasteiger partial charge in [0.2, 0.25) is 10.0 Å². The molecule has 0 radical (unpaired) electrons. The highest BCUT2D eigenvalue weighted by Gasteiger charge is 2.20.